The molecule has 1 unspecified atom stereocenters. The molecule has 1 aromatic rings. The van der Waals surface area contributed by atoms with E-state index in [4.69, 9.17) is 9.84 Å². The monoisotopic (exact) mass is 284 g/mol. The molecule has 2 rings (SSSR count). The van der Waals surface area contributed by atoms with Gasteiger partial charge in [-0.1, -0.05) is 0 Å². The van der Waals surface area contributed by atoms with Crippen molar-refractivity contribution in [1.82, 2.24) is 0 Å². The Labute approximate surface area is 113 Å². The molecule has 1 atom stereocenters. The summed E-state index contributed by atoms with van der Waals surface area (Å²) in [5.41, 5.74) is -0.181. The number of carboxylic acids is 1. The van der Waals surface area contributed by atoms with E-state index in [0.717, 1.165) is 6.07 Å². The van der Waals surface area contributed by atoms with E-state index in [1.165, 1.54) is 12.1 Å². The molecule has 1 heterocycles. The Hall–Kier alpha value is -2.22. The average molecular weight is 284 g/mol. The topological polar surface area (TPSA) is 92.9 Å². The first kappa shape index (κ1) is 14.2. The third-order valence-electron chi connectivity index (χ3n) is 3.09. The van der Waals surface area contributed by atoms with Crippen LogP contribution in [0.2, 0.25) is 0 Å². The number of ether oxygens (including phenoxy) is 1. The summed E-state index contributed by atoms with van der Waals surface area (Å²) in [6.07, 6.45) is -0.184. The maximum atomic E-state index is 14.0. The highest BCUT2D eigenvalue weighted by Gasteiger charge is 2.28. The molecule has 1 aliphatic heterocycles. The highest BCUT2D eigenvalue weighted by molar-refractivity contribution is 5.69. The standard InChI is InChI=1S/C12H13FN2O5/c13-10-5-8(15(18)19)1-2-11(10)14-3-4-20-7-9(14)6-12(16)17/h1-2,5,9H,3-4,6-7H2,(H,16,17). The van der Waals surface area contributed by atoms with Gasteiger partial charge in [-0.3, -0.25) is 14.9 Å². The number of hydrogen-bond donors (Lipinski definition) is 1. The second-order valence-electron chi connectivity index (χ2n) is 4.41. The molecule has 20 heavy (non-hydrogen) atoms. The largest absolute Gasteiger partial charge is 0.481 e. The van der Waals surface area contributed by atoms with Gasteiger partial charge in [-0.2, -0.15) is 0 Å². The molecule has 1 aliphatic rings. The van der Waals surface area contributed by atoms with Crippen LogP contribution >= 0.6 is 0 Å². The second-order valence-corrected chi connectivity index (χ2v) is 4.41. The number of nitro benzene ring substituents is 1. The summed E-state index contributed by atoms with van der Waals surface area (Å²) >= 11 is 0. The minimum Gasteiger partial charge on any atom is -0.481 e. The Kier molecular flexibility index (Phi) is 4.14. The Morgan fingerprint density at radius 1 is 1.60 bits per heavy atom. The zero-order valence-corrected chi connectivity index (χ0v) is 10.5. The van der Waals surface area contributed by atoms with Gasteiger partial charge >= 0.3 is 5.97 Å². The molecule has 1 fully saturated rings. The molecule has 108 valence electrons. The Balaban J connectivity index is 2.27. The number of nitro groups is 1. The van der Waals surface area contributed by atoms with Crippen molar-refractivity contribution in [2.75, 3.05) is 24.7 Å². The lowest BCUT2D eigenvalue weighted by Crippen LogP contribution is -2.47. The molecule has 1 N–H and O–H groups in total. The highest BCUT2D eigenvalue weighted by Crippen LogP contribution is 2.27. The molecule has 1 aromatic carbocycles. The van der Waals surface area contributed by atoms with Crippen molar-refractivity contribution in [3.05, 3.63) is 34.1 Å². The van der Waals surface area contributed by atoms with Crippen LogP contribution in [-0.4, -0.2) is 41.8 Å². The average Bonchev–Trinajstić information content (AvgIpc) is 2.39. The molecule has 0 aliphatic carbocycles. The van der Waals surface area contributed by atoms with Gasteiger partial charge in [-0.15, -0.1) is 0 Å². The molecule has 0 radical (unpaired) electrons. The van der Waals surface area contributed by atoms with Crippen molar-refractivity contribution in [2.24, 2.45) is 0 Å². The van der Waals surface area contributed by atoms with Crippen molar-refractivity contribution >= 4 is 17.3 Å². The maximum absolute atomic E-state index is 14.0. The van der Waals surface area contributed by atoms with Gasteiger partial charge < -0.3 is 14.7 Å². The van der Waals surface area contributed by atoms with Crippen LogP contribution in [0.4, 0.5) is 15.8 Å². The van der Waals surface area contributed by atoms with Crippen molar-refractivity contribution in [1.29, 1.82) is 0 Å². The number of anilines is 1. The summed E-state index contributed by atoms with van der Waals surface area (Å²) in [5.74, 6) is -1.75. The van der Waals surface area contributed by atoms with Gasteiger partial charge in [-0.25, -0.2) is 4.39 Å². The lowest BCUT2D eigenvalue weighted by Gasteiger charge is -2.36. The Bertz CT molecular complexity index is 537. The van der Waals surface area contributed by atoms with Gasteiger partial charge in [0.05, 0.1) is 42.4 Å². The van der Waals surface area contributed by atoms with Gasteiger partial charge in [-0.05, 0) is 6.07 Å². The number of hydrogen-bond acceptors (Lipinski definition) is 5. The normalized spacial score (nSPS) is 18.9. The van der Waals surface area contributed by atoms with E-state index in [-0.39, 0.29) is 24.4 Å². The minimum atomic E-state index is -1.01. The van der Waals surface area contributed by atoms with Crippen LogP contribution in [0.5, 0.6) is 0 Å². The number of aliphatic carboxylic acids is 1. The molecule has 8 heteroatoms. The fourth-order valence-electron chi connectivity index (χ4n) is 2.18. The summed E-state index contributed by atoms with van der Waals surface area (Å²) in [6, 6.07) is 2.85. The Morgan fingerprint density at radius 2 is 2.35 bits per heavy atom. The zero-order valence-electron chi connectivity index (χ0n) is 10.5. The molecule has 0 saturated carbocycles. The van der Waals surface area contributed by atoms with Crippen molar-refractivity contribution in [3.63, 3.8) is 0 Å². The van der Waals surface area contributed by atoms with Crippen molar-refractivity contribution in [2.45, 2.75) is 12.5 Å². The van der Waals surface area contributed by atoms with Crippen molar-refractivity contribution in [3.8, 4) is 0 Å². The molecular formula is C12H13FN2O5. The van der Waals surface area contributed by atoms with E-state index < -0.39 is 22.8 Å². The van der Waals surface area contributed by atoms with Crippen molar-refractivity contribution < 1.29 is 24.0 Å². The number of carboxylic acid groups (broad SMARTS) is 1. The predicted octanol–water partition coefficient (Wildman–Crippen LogP) is 1.41. The number of carbonyl (C=O) groups is 1. The van der Waals surface area contributed by atoms with E-state index in [2.05, 4.69) is 0 Å². The smallest absolute Gasteiger partial charge is 0.305 e. The SMILES string of the molecule is O=C(O)CC1COCCN1c1ccc([N+](=O)[O-])cc1F. The van der Waals surface area contributed by atoms with Crippen LogP contribution < -0.4 is 4.90 Å². The first-order valence-corrected chi connectivity index (χ1v) is 5.99. The van der Waals surface area contributed by atoms with Gasteiger partial charge in [0.15, 0.2) is 5.82 Å². The first-order valence-electron chi connectivity index (χ1n) is 5.99. The number of rotatable bonds is 4. The predicted molar refractivity (Wildman–Crippen MR) is 67.3 cm³/mol. The molecule has 0 bridgehead atoms. The summed E-state index contributed by atoms with van der Waals surface area (Å²) in [6.45, 7) is 0.877. The van der Waals surface area contributed by atoms with Crippen LogP contribution in [-0.2, 0) is 9.53 Å². The molecule has 0 aromatic heterocycles. The van der Waals surface area contributed by atoms with Crippen LogP contribution in [0.15, 0.2) is 18.2 Å². The van der Waals surface area contributed by atoms with Crippen LogP contribution in [0.3, 0.4) is 0 Å². The summed E-state index contributed by atoms with van der Waals surface area (Å²) < 4.78 is 19.2. The summed E-state index contributed by atoms with van der Waals surface area (Å²) in [5, 5.41) is 19.4. The third-order valence-corrected chi connectivity index (χ3v) is 3.09. The first-order chi connectivity index (χ1) is 9.49. The van der Waals surface area contributed by atoms with Gasteiger partial charge in [0.25, 0.3) is 5.69 Å². The Morgan fingerprint density at radius 3 is 2.95 bits per heavy atom. The molecule has 0 amide bonds. The highest BCUT2D eigenvalue weighted by atomic mass is 19.1. The lowest BCUT2D eigenvalue weighted by atomic mass is 10.1. The van der Waals surface area contributed by atoms with Gasteiger partial charge in [0, 0.05) is 12.6 Å². The second kappa shape index (κ2) is 5.83. The van der Waals surface area contributed by atoms with E-state index >= 15 is 0 Å². The van der Waals surface area contributed by atoms with E-state index in [9.17, 15) is 19.3 Å². The number of benzene rings is 1. The molecular weight excluding hydrogens is 271 g/mol. The summed E-state index contributed by atoms with van der Waals surface area (Å²) in [7, 11) is 0. The lowest BCUT2D eigenvalue weighted by molar-refractivity contribution is -0.385. The fraction of sp³-hybridized carbons (Fsp3) is 0.417. The van der Waals surface area contributed by atoms with Gasteiger partial charge in [0.2, 0.25) is 0 Å². The number of morpholine rings is 1. The van der Waals surface area contributed by atoms with Crippen LogP contribution in [0.1, 0.15) is 6.42 Å². The maximum Gasteiger partial charge on any atom is 0.305 e. The fourth-order valence-corrected chi connectivity index (χ4v) is 2.18. The quantitative estimate of drug-likeness (QED) is 0.663. The van der Waals surface area contributed by atoms with E-state index in [1.54, 1.807) is 4.90 Å². The zero-order chi connectivity index (χ0) is 14.7. The van der Waals surface area contributed by atoms with Crippen LogP contribution in [0, 0.1) is 15.9 Å². The molecule has 7 nitrogen and oxygen atoms in total. The third kappa shape index (κ3) is 3.02. The number of nitrogens with zero attached hydrogens (tertiary/aromatic N) is 2. The number of halogens is 1. The minimum absolute atomic E-state index is 0.158. The van der Waals surface area contributed by atoms with E-state index in [0.29, 0.717) is 13.2 Å². The molecule has 1 saturated heterocycles. The van der Waals surface area contributed by atoms with Gasteiger partial charge in [0.1, 0.15) is 0 Å². The van der Waals surface area contributed by atoms with Crippen LogP contribution in [0.25, 0.3) is 0 Å². The van der Waals surface area contributed by atoms with E-state index in [1.807, 2.05) is 0 Å². The summed E-state index contributed by atoms with van der Waals surface area (Å²) in [4.78, 5) is 22.3. The molecule has 0 spiro atoms. The number of non-ortho nitro benzene ring substituents is 1.